The van der Waals surface area contributed by atoms with Gasteiger partial charge in [0.1, 0.15) is 0 Å². The molecule has 2 aliphatic heterocycles. The van der Waals surface area contributed by atoms with Gasteiger partial charge in [-0.25, -0.2) is 0 Å². The zero-order chi connectivity index (χ0) is 26.3. The Balaban J connectivity index is 0.00000353. The first-order valence-electron chi connectivity index (χ1n) is 14.7. The van der Waals surface area contributed by atoms with Crippen molar-refractivity contribution in [1.82, 2.24) is 9.80 Å². The molecule has 2 heterocycles. The zero-order valence-corrected chi connectivity index (χ0v) is 24.6. The number of ketones is 1. The second kappa shape index (κ2) is 14.3. The number of piperidine rings is 1. The minimum atomic E-state index is 0. The van der Waals surface area contributed by atoms with Gasteiger partial charge in [0, 0.05) is 31.6 Å². The molecule has 208 valence electrons. The third-order valence-electron chi connectivity index (χ3n) is 8.75. The normalized spacial score (nSPS) is 16.8. The summed E-state index contributed by atoms with van der Waals surface area (Å²) in [5.74, 6) is 1.08. The number of rotatable bonds is 9. The Kier molecular flexibility index (Phi) is 10.8. The van der Waals surface area contributed by atoms with Gasteiger partial charge >= 0.3 is 0 Å². The number of Topliss-reactive ketones (excluding diaryl/α,β-unsaturated/α-hetero) is 1. The first-order chi connectivity index (χ1) is 18.5. The highest BCUT2D eigenvalue weighted by Gasteiger charge is 2.20. The lowest BCUT2D eigenvalue weighted by atomic mass is 9.90. The second-order valence-electron chi connectivity index (χ2n) is 11.7. The zero-order valence-electron chi connectivity index (χ0n) is 23.8. The summed E-state index contributed by atoms with van der Waals surface area (Å²) in [4.78, 5) is 18.3. The van der Waals surface area contributed by atoms with Gasteiger partial charge in [-0.1, -0.05) is 66.2 Å². The van der Waals surface area contributed by atoms with E-state index in [4.69, 9.17) is 0 Å². The molecule has 1 saturated heterocycles. The molecule has 4 heteroatoms. The van der Waals surface area contributed by atoms with Crippen LogP contribution in [0, 0.1) is 19.8 Å². The van der Waals surface area contributed by atoms with Gasteiger partial charge in [0.15, 0.2) is 5.78 Å². The molecule has 1 fully saturated rings. The molecule has 0 atom stereocenters. The molecule has 0 N–H and O–H groups in total. The van der Waals surface area contributed by atoms with Crippen LogP contribution in [0.25, 0.3) is 0 Å². The minimum absolute atomic E-state index is 0. The van der Waals surface area contributed by atoms with Gasteiger partial charge in [0.05, 0.1) is 0 Å². The number of carbonyl (C=O) groups excluding carboxylic acids is 1. The summed E-state index contributed by atoms with van der Waals surface area (Å²) >= 11 is 0. The second-order valence-corrected chi connectivity index (χ2v) is 11.7. The van der Waals surface area contributed by atoms with E-state index in [1.807, 2.05) is 0 Å². The molecular weight excluding hydrogens is 500 g/mol. The van der Waals surface area contributed by atoms with E-state index in [-0.39, 0.29) is 12.4 Å². The molecule has 5 rings (SSSR count). The Hall–Kier alpha value is -2.46. The predicted octanol–water partition coefficient (Wildman–Crippen LogP) is 7.94. The van der Waals surface area contributed by atoms with Crippen LogP contribution in [-0.4, -0.2) is 35.2 Å². The number of carbonyl (C=O) groups is 1. The largest absolute Gasteiger partial charge is 0.299 e. The van der Waals surface area contributed by atoms with Crippen LogP contribution in [0.1, 0.15) is 82.3 Å². The SMILES string of the molecule is Cc1ccc(CN2CCC(CCCC(=O)c3ccc4c(c3)CN(Cc3ccccc3C)CCC4)CC2)cc1.Cl. The minimum Gasteiger partial charge on any atom is -0.299 e. The van der Waals surface area contributed by atoms with Crippen LogP contribution >= 0.6 is 12.4 Å². The molecule has 3 nitrogen and oxygen atoms in total. The molecule has 39 heavy (non-hydrogen) atoms. The lowest BCUT2D eigenvalue weighted by Gasteiger charge is -2.32. The Morgan fingerprint density at radius 1 is 0.846 bits per heavy atom. The topological polar surface area (TPSA) is 23.6 Å². The van der Waals surface area contributed by atoms with Crippen LogP contribution in [0.2, 0.25) is 0 Å². The van der Waals surface area contributed by atoms with Crippen molar-refractivity contribution in [2.75, 3.05) is 19.6 Å². The highest BCUT2D eigenvalue weighted by atomic mass is 35.5. The van der Waals surface area contributed by atoms with Crippen molar-refractivity contribution in [1.29, 1.82) is 0 Å². The molecule has 0 saturated carbocycles. The average Bonchev–Trinajstić information content (AvgIpc) is 3.13. The van der Waals surface area contributed by atoms with Crippen LogP contribution in [0.15, 0.2) is 66.7 Å². The van der Waals surface area contributed by atoms with Crippen LogP contribution < -0.4 is 0 Å². The molecule has 0 aliphatic carbocycles. The summed E-state index contributed by atoms with van der Waals surface area (Å²) in [6, 6.07) is 24.2. The third kappa shape index (κ3) is 8.27. The van der Waals surface area contributed by atoms with E-state index in [1.165, 1.54) is 72.2 Å². The highest BCUT2D eigenvalue weighted by molar-refractivity contribution is 5.96. The fourth-order valence-electron chi connectivity index (χ4n) is 6.25. The van der Waals surface area contributed by atoms with Crippen LogP contribution in [-0.2, 0) is 26.1 Å². The van der Waals surface area contributed by atoms with E-state index >= 15 is 0 Å². The van der Waals surface area contributed by atoms with Gasteiger partial charge in [-0.2, -0.15) is 0 Å². The summed E-state index contributed by atoms with van der Waals surface area (Å²) in [6.45, 7) is 10.8. The molecule has 0 spiro atoms. The smallest absolute Gasteiger partial charge is 0.162 e. The first kappa shape index (κ1) is 29.5. The van der Waals surface area contributed by atoms with Gasteiger partial charge in [0.2, 0.25) is 0 Å². The van der Waals surface area contributed by atoms with Gasteiger partial charge < -0.3 is 0 Å². The van der Waals surface area contributed by atoms with E-state index < -0.39 is 0 Å². The summed E-state index contributed by atoms with van der Waals surface area (Å²) in [6.07, 6.45) is 7.67. The lowest BCUT2D eigenvalue weighted by Crippen LogP contribution is -2.33. The van der Waals surface area contributed by atoms with Crippen molar-refractivity contribution < 1.29 is 4.79 Å². The maximum absolute atomic E-state index is 13.1. The third-order valence-corrected chi connectivity index (χ3v) is 8.75. The predicted molar refractivity (Wildman–Crippen MR) is 165 cm³/mol. The number of fused-ring (bicyclic) bond motifs is 1. The molecule has 3 aromatic carbocycles. The quantitative estimate of drug-likeness (QED) is 0.255. The van der Waals surface area contributed by atoms with Crippen molar-refractivity contribution >= 4 is 18.2 Å². The summed E-state index contributed by atoms with van der Waals surface area (Å²) in [7, 11) is 0. The number of halogens is 1. The number of nitrogens with zero attached hydrogens (tertiary/aromatic N) is 2. The van der Waals surface area contributed by atoms with Gasteiger partial charge in [0.25, 0.3) is 0 Å². The summed E-state index contributed by atoms with van der Waals surface area (Å²) < 4.78 is 0. The molecular formula is C35H45ClN2O. The Morgan fingerprint density at radius 2 is 1.62 bits per heavy atom. The number of hydrogen-bond donors (Lipinski definition) is 0. The van der Waals surface area contributed by atoms with Crippen molar-refractivity contribution in [2.24, 2.45) is 5.92 Å². The van der Waals surface area contributed by atoms with Crippen LogP contribution in [0.4, 0.5) is 0 Å². The average molecular weight is 545 g/mol. The lowest BCUT2D eigenvalue weighted by molar-refractivity contribution is 0.0974. The summed E-state index contributed by atoms with van der Waals surface area (Å²) in [5.41, 5.74) is 9.19. The standard InChI is InChI=1S/C35H44N2O.ClH/c1-27-12-14-30(15-13-27)24-36-21-18-29(19-22-36)8-5-11-35(38)32-17-16-31-10-6-20-37(26-34(31)23-32)25-33-9-4-3-7-28(33)2;/h3-4,7,9,12-17,23,29H,5-6,8,10-11,18-22,24-26H2,1-2H3;1H. The van der Waals surface area contributed by atoms with Crippen molar-refractivity contribution in [2.45, 2.75) is 78.4 Å². The van der Waals surface area contributed by atoms with Crippen molar-refractivity contribution in [3.63, 3.8) is 0 Å². The Morgan fingerprint density at radius 3 is 2.38 bits per heavy atom. The van der Waals surface area contributed by atoms with E-state index in [9.17, 15) is 4.79 Å². The van der Waals surface area contributed by atoms with Gasteiger partial charge in [-0.05, 0) is 112 Å². The first-order valence-corrected chi connectivity index (χ1v) is 14.7. The van der Waals surface area contributed by atoms with Crippen LogP contribution in [0.5, 0.6) is 0 Å². The van der Waals surface area contributed by atoms with Gasteiger partial charge in [-0.3, -0.25) is 14.6 Å². The monoisotopic (exact) mass is 544 g/mol. The van der Waals surface area contributed by atoms with Gasteiger partial charge in [-0.15, -0.1) is 12.4 Å². The Labute approximate surface area is 242 Å². The summed E-state index contributed by atoms with van der Waals surface area (Å²) in [5, 5.41) is 0. The highest BCUT2D eigenvalue weighted by Crippen LogP contribution is 2.26. The fourth-order valence-corrected chi connectivity index (χ4v) is 6.25. The number of hydrogen-bond acceptors (Lipinski definition) is 3. The molecule has 0 aromatic heterocycles. The molecule has 0 amide bonds. The number of benzene rings is 3. The molecule has 2 aliphatic rings. The molecule has 0 unspecified atom stereocenters. The number of aryl methyl sites for hydroxylation is 3. The van der Waals surface area contributed by atoms with Crippen LogP contribution in [0.3, 0.4) is 0 Å². The van der Waals surface area contributed by atoms with E-state index in [0.29, 0.717) is 12.2 Å². The van der Waals surface area contributed by atoms with E-state index in [1.54, 1.807) is 0 Å². The molecule has 0 bridgehead atoms. The maximum atomic E-state index is 13.1. The van der Waals surface area contributed by atoms with E-state index in [0.717, 1.165) is 50.5 Å². The molecule has 0 radical (unpaired) electrons. The fraction of sp³-hybridized carbons (Fsp3) is 0.457. The Bertz CT molecular complexity index is 1210. The maximum Gasteiger partial charge on any atom is 0.162 e. The number of likely N-dealkylation sites (tertiary alicyclic amines) is 1. The molecule has 3 aromatic rings. The van der Waals surface area contributed by atoms with Crippen molar-refractivity contribution in [3.8, 4) is 0 Å². The van der Waals surface area contributed by atoms with Crippen molar-refractivity contribution in [3.05, 3.63) is 106 Å². The van der Waals surface area contributed by atoms with E-state index in [2.05, 4.69) is 90.4 Å².